The molecular weight excluding hydrogens is 432 g/mol. The number of benzene rings is 2. The molecule has 2 rings (SSSR count). The lowest BCUT2D eigenvalue weighted by atomic mass is 10.2. The van der Waals surface area contributed by atoms with Crippen LogP contribution in [0, 0.1) is 0 Å². The van der Waals surface area contributed by atoms with Crippen LogP contribution < -0.4 is 0 Å². The van der Waals surface area contributed by atoms with E-state index in [9.17, 15) is 0 Å². The molecule has 0 bridgehead atoms. The predicted molar refractivity (Wildman–Crippen MR) is 109 cm³/mol. The summed E-state index contributed by atoms with van der Waals surface area (Å²) < 4.78 is 2.14. The Morgan fingerprint density at radius 1 is 0.708 bits per heavy atom. The summed E-state index contributed by atoms with van der Waals surface area (Å²) in [7, 11) is 3.92. The van der Waals surface area contributed by atoms with E-state index in [0.29, 0.717) is 0 Å². The van der Waals surface area contributed by atoms with Crippen LogP contribution in [0.1, 0.15) is 11.1 Å². The summed E-state index contributed by atoms with van der Waals surface area (Å²) in [6.45, 7) is 1.59. The van der Waals surface area contributed by atoms with Crippen molar-refractivity contribution in [2.45, 2.75) is 0 Å². The van der Waals surface area contributed by atoms with E-state index in [1.165, 1.54) is 0 Å². The first-order valence-electron chi connectivity index (χ1n) is 7.54. The summed E-state index contributed by atoms with van der Waals surface area (Å²) in [5.74, 6) is 0. The number of nitrogens with zero attached hydrogens (tertiary/aromatic N) is 4. The monoisotopic (exact) mass is 450 g/mol. The SMILES string of the molecule is CN(CCN(C)N=Cc1ccc(Br)cc1)N=Cc1ccc(Br)cc1. The van der Waals surface area contributed by atoms with Crippen molar-refractivity contribution in [3.05, 3.63) is 68.6 Å². The summed E-state index contributed by atoms with van der Waals surface area (Å²) in [6, 6.07) is 16.1. The molecule has 2 aromatic carbocycles. The zero-order valence-electron chi connectivity index (χ0n) is 13.7. The first kappa shape index (κ1) is 18.7. The van der Waals surface area contributed by atoms with Crippen molar-refractivity contribution in [2.24, 2.45) is 10.2 Å². The fraction of sp³-hybridized carbons (Fsp3) is 0.222. The number of hydrazone groups is 2. The fourth-order valence-electron chi connectivity index (χ4n) is 1.83. The van der Waals surface area contributed by atoms with Crippen LogP contribution in [0.2, 0.25) is 0 Å². The Bertz CT molecular complexity index is 620. The summed E-state index contributed by atoms with van der Waals surface area (Å²) >= 11 is 6.85. The highest BCUT2D eigenvalue weighted by atomic mass is 79.9. The van der Waals surface area contributed by atoms with Gasteiger partial charge in [-0.25, -0.2) is 0 Å². The minimum Gasteiger partial charge on any atom is -0.298 e. The molecule has 0 saturated heterocycles. The Kier molecular flexibility index (Phi) is 7.46. The van der Waals surface area contributed by atoms with E-state index >= 15 is 0 Å². The third-order valence-corrected chi connectivity index (χ3v) is 4.35. The number of hydrogen-bond donors (Lipinski definition) is 0. The van der Waals surface area contributed by atoms with Gasteiger partial charge in [0.1, 0.15) is 0 Å². The molecule has 0 unspecified atom stereocenters. The number of hydrogen-bond acceptors (Lipinski definition) is 4. The summed E-state index contributed by atoms with van der Waals surface area (Å²) in [5, 5.41) is 12.7. The molecule has 0 aliphatic carbocycles. The standard InChI is InChI=1S/C18H20Br2N4/c1-23(21-13-15-3-7-17(19)8-4-15)11-12-24(2)22-14-16-5-9-18(20)10-6-16/h3-10,13-14H,11-12H2,1-2H3. The average Bonchev–Trinajstić information content (AvgIpc) is 2.59. The lowest BCUT2D eigenvalue weighted by molar-refractivity contribution is 0.272. The normalized spacial score (nSPS) is 11.3. The van der Waals surface area contributed by atoms with Gasteiger partial charge in [0.05, 0.1) is 25.5 Å². The Balaban J connectivity index is 1.77. The van der Waals surface area contributed by atoms with Crippen LogP contribution in [0.25, 0.3) is 0 Å². The fourth-order valence-corrected chi connectivity index (χ4v) is 2.36. The van der Waals surface area contributed by atoms with Crippen molar-refractivity contribution < 1.29 is 0 Å². The Labute approximate surface area is 160 Å². The second-order valence-corrected chi connectivity index (χ2v) is 7.19. The molecule has 0 aliphatic heterocycles. The first-order valence-corrected chi connectivity index (χ1v) is 9.13. The molecule has 24 heavy (non-hydrogen) atoms. The van der Waals surface area contributed by atoms with E-state index in [1.54, 1.807) is 0 Å². The molecule has 2 aromatic rings. The summed E-state index contributed by atoms with van der Waals surface area (Å²) in [4.78, 5) is 0. The zero-order chi connectivity index (χ0) is 17.4. The van der Waals surface area contributed by atoms with Gasteiger partial charge >= 0.3 is 0 Å². The van der Waals surface area contributed by atoms with Gasteiger partial charge in [-0.2, -0.15) is 10.2 Å². The van der Waals surface area contributed by atoms with Gasteiger partial charge in [0, 0.05) is 23.0 Å². The molecule has 0 aromatic heterocycles. The van der Waals surface area contributed by atoms with Gasteiger partial charge in [-0.1, -0.05) is 56.1 Å². The van der Waals surface area contributed by atoms with Crippen LogP contribution in [0.4, 0.5) is 0 Å². The van der Waals surface area contributed by atoms with Gasteiger partial charge in [0.25, 0.3) is 0 Å². The molecule has 0 fully saturated rings. The number of rotatable bonds is 7. The van der Waals surface area contributed by atoms with Gasteiger partial charge in [0.2, 0.25) is 0 Å². The number of likely N-dealkylation sites (N-methyl/N-ethyl adjacent to an activating group) is 2. The van der Waals surface area contributed by atoms with Crippen LogP contribution in [0.5, 0.6) is 0 Å². The Morgan fingerprint density at radius 3 is 1.38 bits per heavy atom. The highest BCUT2D eigenvalue weighted by Crippen LogP contribution is 2.10. The summed E-state index contributed by atoms with van der Waals surface area (Å²) in [6.07, 6.45) is 3.72. The molecule has 0 aliphatic rings. The van der Waals surface area contributed by atoms with E-state index in [-0.39, 0.29) is 0 Å². The van der Waals surface area contributed by atoms with Crippen molar-refractivity contribution in [1.29, 1.82) is 0 Å². The zero-order valence-corrected chi connectivity index (χ0v) is 16.9. The quantitative estimate of drug-likeness (QED) is 0.460. The minimum absolute atomic E-state index is 0.793. The van der Waals surface area contributed by atoms with Gasteiger partial charge in [0.15, 0.2) is 0 Å². The number of halogens is 2. The smallest absolute Gasteiger partial charge is 0.0549 e. The maximum Gasteiger partial charge on any atom is 0.0549 e. The molecule has 0 saturated carbocycles. The maximum absolute atomic E-state index is 4.43. The van der Waals surface area contributed by atoms with Gasteiger partial charge in [-0.15, -0.1) is 0 Å². The van der Waals surface area contributed by atoms with E-state index in [0.717, 1.165) is 33.2 Å². The van der Waals surface area contributed by atoms with E-state index in [4.69, 9.17) is 0 Å². The van der Waals surface area contributed by atoms with Crippen molar-refractivity contribution >= 4 is 44.3 Å². The molecule has 0 amide bonds. The second kappa shape index (κ2) is 9.59. The highest BCUT2D eigenvalue weighted by Gasteiger charge is 1.97. The van der Waals surface area contributed by atoms with Crippen LogP contribution >= 0.6 is 31.9 Å². The van der Waals surface area contributed by atoms with Crippen LogP contribution in [0.15, 0.2) is 67.7 Å². The first-order chi connectivity index (χ1) is 11.5. The maximum atomic E-state index is 4.43. The predicted octanol–water partition coefficient (Wildman–Crippen LogP) is 4.44. The van der Waals surface area contributed by atoms with Gasteiger partial charge < -0.3 is 0 Å². The molecule has 0 atom stereocenters. The van der Waals surface area contributed by atoms with E-state index < -0.39 is 0 Å². The third kappa shape index (κ3) is 6.84. The summed E-state index contributed by atoms with van der Waals surface area (Å²) in [5.41, 5.74) is 2.15. The lowest BCUT2D eigenvalue weighted by Crippen LogP contribution is -2.25. The van der Waals surface area contributed by atoms with E-state index in [2.05, 4.69) is 42.1 Å². The third-order valence-electron chi connectivity index (χ3n) is 3.30. The molecular formula is C18H20Br2N4. The van der Waals surface area contributed by atoms with Crippen molar-refractivity contribution in [3.63, 3.8) is 0 Å². The average molecular weight is 452 g/mol. The molecule has 6 heteroatoms. The van der Waals surface area contributed by atoms with Gasteiger partial charge in [-0.3, -0.25) is 10.0 Å². The van der Waals surface area contributed by atoms with Crippen molar-refractivity contribution in [2.75, 3.05) is 27.2 Å². The molecule has 0 heterocycles. The Morgan fingerprint density at radius 2 is 1.04 bits per heavy atom. The second-order valence-electron chi connectivity index (χ2n) is 5.35. The molecule has 126 valence electrons. The van der Waals surface area contributed by atoms with Crippen LogP contribution in [-0.4, -0.2) is 49.6 Å². The van der Waals surface area contributed by atoms with Gasteiger partial charge in [-0.05, 0) is 35.4 Å². The molecule has 4 nitrogen and oxygen atoms in total. The van der Waals surface area contributed by atoms with Crippen molar-refractivity contribution in [3.8, 4) is 0 Å². The highest BCUT2D eigenvalue weighted by molar-refractivity contribution is 9.10. The Hall–Kier alpha value is -1.66. The minimum atomic E-state index is 0.793. The largest absolute Gasteiger partial charge is 0.298 e. The topological polar surface area (TPSA) is 31.2 Å². The van der Waals surface area contributed by atoms with Crippen LogP contribution in [-0.2, 0) is 0 Å². The molecule has 0 N–H and O–H groups in total. The van der Waals surface area contributed by atoms with Crippen LogP contribution in [0.3, 0.4) is 0 Å². The molecule has 0 radical (unpaired) electrons. The molecule has 0 spiro atoms. The lowest BCUT2D eigenvalue weighted by Gasteiger charge is -2.17. The van der Waals surface area contributed by atoms with Crippen molar-refractivity contribution in [1.82, 2.24) is 10.0 Å². The van der Waals surface area contributed by atoms with E-state index in [1.807, 2.05) is 85.1 Å².